The van der Waals surface area contributed by atoms with Crippen LogP contribution in [0, 0.1) is 10.1 Å². The largest absolute Gasteiger partial charge is 0.444 e. The average molecular weight is 397 g/mol. The molecule has 0 radical (unpaired) electrons. The first kappa shape index (κ1) is 19.7. The van der Waals surface area contributed by atoms with Crippen molar-refractivity contribution in [2.24, 2.45) is 0 Å². The molecule has 29 heavy (non-hydrogen) atoms. The maximum absolute atomic E-state index is 11.8. The zero-order valence-electron chi connectivity index (χ0n) is 16.0. The van der Waals surface area contributed by atoms with Gasteiger partial charge in [0.1, 0.15) is 11.4 Å². The van der Waals surface area contributed by atoms with E-state index in [-0.39, 0.29) is 17.3 Å². The zero-order valence-corrected chi connectivity index (χ0v) is 16.0. The Morgan fingerprint density at radius 3 is 2.62 bits per heavy atom. The van der Waals surface area contributed by atoms with E-state index >= 15 is 0 Å². The van der Waals surface area contributed by atoms with Crippen LogP contribution < -0.4 is 10.6 Å². The fourth-order valence-electron chi connectivity index (χ4n) is 2.30. The molecule has 0 aliphatic heterocycles. The SMILES string of the molecule is CC(C)(C)OC(=O)Nc1ccc(Nc2nc(-n3cccn3)ccc2[N+](=O)[O-])cn1. The van der Waals surface area contributed by atoms with Gasteiger partial charge < -0.3 is 10.1 Å². The van der Waals surface area contributed by atoms with Crippen molar-refractivity contribution < 1.29 is 14.5 Å². The van der Waals surface area contributed by atoms with E-state index in [0.29, 0.717) is 11.5 Å². The van der Waals surface area contributed by atoms with Crippen molar-refractivity contribution in [2.75, 3.05) is 10.6 Å². The predicted octanol–water partition coefficient (Wildman–Crippen LogP) is 3.66. The highest BCUT2D eigenvalue weighted by Gasteiger charge is 2.18. The van der Waals surface area contributed by atoms with Crippen LogP contribution in [0.1, 0.15) is 20.8 Å². The second-order valence-electron chi connectivity index (χ2n) is 6.93. The van der Waals surface area contributed by atoms with Gasteiger partial charge in [0.2, 0.25) is 5.82 Å². The second-order valence-corrected chi connectivity index (χ2v) is 6.93. The standard InChI is InChI=1S/C18H19N7O4/c1-18(2,3)29-17(26)22-14-7-5-12(11-19-14)21-16-13(25(27)28)6-8-15(23-16)24-10-4-9-20-24/h4-11H,1-3H3,(H,21,23)(H,19,22,26). The van der Waals surface area contributed by atoms with Crippen LogP contribution in [0.4, 0.5) is 27.8 Å². The third kappa shape index (κ3) is 5.25. The Morgan fingerprint density at radius 1 is 1.24 bits per heavy atom. The van der Waals surface area contributed by atoms with Crippen molar-refractivity contribution in [3.63, 3.8) is 0 Å². The Labute approximate surface area is 165 Å². The third-order valence-corrected chi connectivity index (χ3v) is 3.45. The van der Waals surface area contributed by atoms with E-state index in [0.717, 1.165) is 0 Å². The molecule has 1 amide bonds. The molecule has 0 spiro atoms. The summed E-state index contributed by atoms with van der Waals surface area (Å²) in [6.07, 6.45) is 4.04. The molecular formula is C18H19N7O4. The number of anilines is 3. The summed E-state index contributed by atoms with van der Waals surface area (Å²) in [5.74, 6) is 0.731. The minimum atomic E-state index is -0.630. The Kier molecular flexibility index (Phi) is 5.39. The average Bonchev–Trinajstić information content (AvgIpc) is 3.16. The molecule has 0 saturated heterocycles. The van der Waals surface area contributed by atoms with E-state index in [2.05, 4.69) is 25.7 Å². The number of ether oxygens (including phenoxy) is 1. The van der Waals surface area contributed by atoms with Crippen LogP contribution in [-0.2, 0) is 4.74 Å². The van der Waals surface area contributed by atoms with E-state index in [4.69, 9.17) is 4.74 Å². The van der Waals surface area contributed by atoms with Gasteiger partial charge in [0.05, 0.1) is 16.8 Å². The minimum Gasteiger partial charge on any atom is -0.444 e. The lowest BCUT2D eigenvalue weighted by molar-refractivity contribution is -0.384. The molecule has 2 N–H and O–H groups in total. The van der Waals surface area contributed by atoms with Crippen LogP contribution in [-0.4, -0.2) is 36.4 Å². The Bertz CT molecular complexity index is 1010. The number of nitrogens with zero attached hydrogens (tertiary/aromatic N) is 5. The molecule has 11 heteroatoms. The summed E-state index contributed by atoms with van der Waals surface area (Å²) < 4.78 is 6.65. The first-order valence-corrected chi connectivity index (χ1v) is 8.60. The molecule has 0 atom stereocenters. The van der Waals surface area contributed by atoms with Crippen molar-refractivity contribution in [1.82, 2.24) is 19.7 Å². The van der Waals surface area contributed by atoms with Crippen molar-refractivity contribution in [2.45, 2.75) is 26.4 Å². The Hall–Kier alpha value is -4.02. The van der Waals surface area contributed by atoms with E-state index < -0.39 is 16.6 Å². The van der Waals surface area contributed by atoms with Crippen molar-refractivity contribution >= 4 is 29.1 Å². The number of aromatic nitrogens is 4. The molecule has 0 bridgehead atoms. The van der Waals surface area contributed by atoms with Crippen LogP contribution in [0.5, 0.6) is 0 Å². The first-order chi connectivity index (χ1) is 13.7. The first-order valence-electron chi connectivity index (χ1n) is 8.60. The van der Waals surface area contributed by atoms with Crippen LogP contribution in [0.25, 0.3) is 5.82 Å². The Balaban J connectivity index is 1.78. The van der Waals surface area contributed by atoms with E-state index in [1.165, 1.54) is 29.1 Å². The monoisotopic (exact) mass is 397 g/mol. The van der Waals surface area contributed by atoms with Gasteiger partial charge in [-0.25, -0.2) is 19.4 Å². The fourth-order valence-corrected chi connectivity index (χ4v) is 2.30. The number of pyridine rings is 2. The number of hydrogen-bond acceptors (Lipinski definition) is 8. The highest BCUT2D eigenvalue weighted by atomic mass is 16.6. The highest BCUT2D eigenvalue weighted by molar-refractivity contribution is 5.83. The molecule has 0 saturated carbocycles. The lowest BCUT2D eigenvalue weighted by Gasteiger charge is -2.19. The fraction of sp³-hybridized carbons (Fsp3) is 0.222. The molecule has 0 aliphatic rings. The van der Waals surface area contributed by atoms with Gasteiger partial charge in [-0.3, -0.25) is 15.4 Å². The third-order valence-electron chi connectivity index (χ3n) is 3.45. The number of hydrogen-bond donors (Lipinski definition) is 2. The molecular weight excluding hydrogens is 378 g/mol. The molecule has 0 aliphatic carbocycles. The number of nitrogens with one attached hydrogen (secondary N) is 2. The summed E-state index contributed by atoms with van der Waals surface area (Å²) in [5.41, 5.74) is -0.375. The summed E-state index contributed by atoms with van der Waals surface area (Å²) in [4.78, 5) is 31.0. The summed E-state index contributed by atoms with van der Waals surface area (Å²) >= 11 is 0. The number of nitro groups is 1. The molecule has 0 unspecified atom stereocenters. The van der Waals surface area contributed by atoms with Gasteiger partial charge in [-0.2, -0.15) is 5.10 Å². The van der Waals surface area contributed by atoms with E-state index in [9.17, 15) is 14.9 Å². The van der Waals surface area contributed by atoms with E-state index in [1.807, 2.05) is 0 Å². The summed E-state index contributed by atoms with van der Waals surface area (Å²) in [6, 6.07) is 7.71. The lowest BCUT2D eigenvalue weighted by atomic mass is 10.2. The molecule has 3 aromatic heterocycles. The van der Waals surface area contributed by atoms with Crippen LogP contribution >= 0.6 is 0 Å². The van der Waals surface area contributed by atoms with E-state index in [1.54, 1.807) is 45.3 Å². The summed E-state index contributed by atoms with van der Waals surface area (Å²) in [6.45, 7) is 5.26. The normalized spacial score (nSPS) is 11.0. The van der Waals surface area contributed by atoms with Gasteiger partial charge >= 0.3 is 11.8 Å². The van der Waals surface area contributed by atoms with Gasteiger partial charge in [0.25, 0.3) is 0 Å². The van der Waals surface area contributed by atoms with Crippen LogP contribution in [0.15, 0.2) is 48.9 Å². The van der Waals surface area contributed by atoms with Crippen molar-refractivity contribution in [3.8, 4) is 5.82 Å². The van der Waals surface area contributed by atoms with Gasteiger partial charge in [-0.1, -0.05) is 0 Å². The molecule has 3 heterocycles. The minimum absolute atomic E-state index is 0.0395. The number of carbonyl (C=O) groups excluding carboxylic acids is 1. The molecule has 3 rings (SSSR count). The molecule has 150 valence electrons. The van der Waals surface area contributed by atoms with Gasteiger partial charge in [0.15, 0.2) is 5.82 Å². The molecule has 3 aromatic rings. The topological polar surface area (TPSA) is 137 Å². The molecule has 0 fully saturated rings. The zero-order chi connectivity index (χ0) is 21.0. The van der Waals surface area contributed by atoms with Gasteiger partial charge in [-0.05, 0) is 45.0 Å². The van der Waals surface area contributed by atoms with Crippen molar-refractivity contribution in [1.29, 1.82) is 0 Å². The van der Waals surface area contributed by atoms with Crippen LogP contribution in [0.3, 0.4) is 0 Å². The molecule has 0 aromatic carbocycles. The van der Waals surface area contributed by atoms with Gasteiger partial charge in [0, 0.05) is 18.5 Å². The quantitative estimate of drug-likeness (QED) is 0.491. The van der Waals surface area contributed by atoms with Crippen molar-refractivity contribution in [3.05, 3.63) is 59.0 Å². The maximum Gasteiger partial charge on any atom is 0.413 e. The Morgan fingerprint density at radius 2 is 2.03 bits per heavy atom. The second kappa shape index (κ2) is 7.92. The van der Waals surface area contributed by atoms with Crippen LogP contribution in [0.2, 0.25) is 0 Å². The lowest BCUT2D eigenvalue weighted by Crippen LogP contribution is -2.27. The number of rotatable bonds is 5. The maximum atomic E-state index is 11.8. The highest BCUT2D eigenvalue weighted by Crippen LogP contribution is 2.26. The molecule has 11 nitrogen and oxygen atoms in total. The smallest absolute Gasteiger partial charge is 0.413 e. The number of carbonyl (C=O) groups is 1. The summed E-state index contributed by atoms with van der Waals surface area (Å²) in [5, 5.41) is 20.8. The number of amides is 1. The summed E-state index contributed by atoms with van der Waals surface area (Å²) in [7, 11) is 0. The predicted molar refractivity (Wildman–Crippen MR) is 105 cm³/mol. The van der Waals surface area contributed by atoms with Gasteiger partial charge in [-0.15, -0.1) is 0 Å².